The van der Waals surface area contributed by atoms with E-state index in [-0.39, 0.29) is 17.5 Å². The zero-order valence-corrected chi connectivity index (χ0v) is 15.6. The molecule has 0 aliphatic rings. The standard InChI is InChI=1S/C18H23NO5S/c1-13(2)24-15-7-5-14(6-8-15)12-19-25(20,21)16-9-10-17(22-3)18(11-16)23-4/h5-11,13,19H,12H2,1-4H3. The van der Waals surface area contributed by atoms with Gasteiger partial charge in [-0.3, -0.25) is 0 Å². The molecule has 6 nitrogen and oxygen atoms in total. The molecule has 0 saturated carbocycles. The molecule has 2 aromatic rings. The van der Waals surface area contributed by atoms with Crippen LogP contribution in [-0.2, 0) is 16.6 Å². The summed E-state index contributed by atoms with van der Waals surface area (Å²) in [4.78, 5) is 0.116. The summed E-state index contributed by atoms with van der Waals surface area (Å²) < 4.78 is 43.3. The summed E-state index contributed by atoms with van der Waals surface area (Å²) in [5, 5.41) is 0. The summed E-state index contributed by atoms with van der Waals surface area (Å²) in [7, 11) is -0.704. The molecule has 1 N–H and O–H groups in total. The molecule has 0 amide bonds. The van der Waals surface area contributed by atoms with Crippen LogP contribution in [0, 0.1) is 0 Å². The van der Waals surface area contributed by atoms with Gasteiger partial charge in [-0.25, -0.2) is 13.1 Å². The SMILES string of the molecule is COc1ccc(S(=O)(=O)NCc2ccc(OC(C)C)cc2)cc1OC. The Kier molecular flexibility index (Phi) is 6.27. The van der Waals surface area contributed by atoms with Gasteiger partial charge in [0.15, 0.2) is 11.5 Å². The lowest BCUT2D eigenvalue weighted by molar-refractivity contribution is 0.242. The highest BCUT2D eigenvalue weighted by Crippen LogP contribution is 2.29. The van der Waals surface area contributed by atoms with E-state index in [2.05, 4.69) is 4.72 Å². The van der Waals surface area contributed by atoms with Crippen LogP contribution in [0.15, 0.2) is 47.4 Å². The zero-order chi connectivity index (χ0) is 18.4. The summed E-state index contributed by atoms with van der Waals surface area (Å²) in [6.07, 6.45) is 0.0920. The molecule has 2 rings (SSSR count). The molecule has 0 saturated heterocycles. The third-order valence-corrected chi connectivity index (χ3v) is 4.83. The Morgan fingerprint density at radius 2 is 1.60 bits per heavy atom. The molecule has 0 atom stereocenters. The van der Waals surface area contributed by atoms with Crippen LogP contribution in [0.1, 0.15) is 19.4 Å². The molecule has 7 heteroatoms. The van der Waals surface area contributed by atoms with Crippen LogP contribution < -0.4 is 18.9 Å². The van der Waals surface area contributed by atoms with E-state index in [0.29, 0.717) is 11.5 Å². The molecule has 0 spiro atoms. The smallest absolute Gasteiger partial charge is 0.241 e. The molecule has 0 aromatic heterocycles. The molecular weight excluding hydrogens is 342 g/mol. The van der Waals surface area contributed by atoms with E-state index in [0.717, 1.165) is 11.3 Å². The van der Waals surface area contributed by atoms with Gasteiger partial charge in [0, 0.05) is 12.6 Å². The summed E-state index contributed by atoms with van der Waals surface area (Å²) in [6.45, 7) is 4.08. The highest BCUT2D eigenvalue weighted by Gasteiger charge is 2.16. The van der Waals surface area contributed by atoms with Crippen molar-refractivity contribution in [3.63, 3.8) is 0 Å². The Morgan fingerprint density at radius 3 is 2.16 bits per heavy atom. The second-order valence-corrected chi connectivity index (χ2v) is 7.42. The van der Waals surface area contributed by atoms with Crippen LogP contribution >= 0.6 is 0 Å². The summed E-state index contributed by atoms with van der Waals surface area (Å²) in [6, 6.07) is 11.8. The van der Waals surface area contributed by atoms with Crippen LogP contribution in [0.25, 0.3) is 0 Å². The van der Waals surface area contributed by atoms with Crippen molar-refractivity contribution in [2.24, 2.45) is 0 Å². The number of methoxy groups -OCH3 is 2. The van der Waals surface area contributed by atoms with Crippen LogP contribution in [0.2, 0.25) is 0 Å². The number of rotatable bonds is 8. The van der Waals surface area contributed by atoms with E-state index < -0.39 is 10.0 Å². The first-order valence-electron chi connectivity index (χ1n) is 7.83. The van der Waals surface area contributed by atoms with E-state index in [9.17, 15) is 8.42 Å². The Balaban J connectivity index is 2.08. The van der Waals surface area contributed by atoms with Gasteiger partial charge in [0.25, 0.3) is 0 Å². The molecule has 0 unspecified atom stereocenters. The monoisotopic (exact) mass is 365 g/mol. The summed E-state index contributed by atoms with van der Waals surface area (Å²) in [5.41, 5.74) is 0.833. The van der Waals surface area contributed by atoms with Gasteiger partial charge in [0.2, 0.25) is 10.0 Å². The largest absolute Gasteiger partial charge is 0.493 e. The molecule has 136 valence electrons. The van der Waals surface area contributed by atoms with Gasteiger partial charge < -0.3 is 14.2 Å². The summed E-state index contributed by atoms with van der Waals surface area (Å²) in [5.74, 6) is 1.59. The first kappa shape index (κ1) is 19.1. The highest BCUT2D eigenvalue weighted by atomic mass is 32.2. The number of nitrogens with one attached hydrogen (secondary N) is 1. The first-order chi connectivity index (χ1) is 11.9. The van der Waals surface area contributed by atoms with Crippen LogP contribution in [0.3, 0.4) is 0 Å². The Morgan fingerprint density at radius 1 is 0.960 bits per heavy atom. The fraction of sp³-hybridized carbons (Fsp3) is 0.333. The predicted octanol–water partition coefficient (Wildman–Crippen LogP) is 2.97. The molecule has 0 aliphatic carbocycles. The van der Waals surface area contributed by atoms with Crippen molar-refractivity contribution in [1.29, 1.82) is 0 Å². The molecule has 0 heterocycles. The highest BCUT2D eigenvalue weighted by molar-refractivity contribution is 7.89. The van der Waals surface area contributed by atoms with Gasteiger partial charge in [-0.2, -0.15) is 0 Å². The number of sulfonamides is 1. The minimum Gasteiger partial charge on any atom is -0.493 e. The van der Waals surface area contributed by atoms with Crippen LogP contribution in [0.4, 0.5) is 0 Å². The molecule has 2 aromatic carbocycles. The molecule has 0 radical (unpaired) electrons. The fourth-order valence-electron chi connectivity index (χ4n) is 2.20. The molecular formula is C18H23NO5S. The Hall–Kier alpha value is -2.25. The maximum Gasteiger partial charge on any atom is 0.241 e. The number of hydrogen-bond acceptors (Lipinski definition) is 5. The van der Waals surface area contributed by atoms with Crippen molar-refractivity contribution >= 4 is 10.0 Å². The molecule has 25 heavy (non-hydrogen) atoms. The van der Waals surface area contributed by atoms with E-state index in [4.69, 9.17) is 14.2 Å². The predicted molar refractivity (Wildman–Crippen MR) is 95.8 cm³/mol. The van der Waals surface area contributed by atoms with E-state index in [1.807, 2.05) is 38.1 Å². The topological polar surface area (TPSA) is 73.9 Å². The fourth-order valence-corrected chi connectivity index (χ4v) is 3.24. The third-order valence-electron chi connectivity index (χ3n) is 3.43. The minimum atomic E-state index is -3.66. The van der Waals surface area contributed by atoms with Crippen LogP contribution in [0.5, 0.6) is 17.2 Å². The lowest BCUT2D eigenvalue weighted by Gasteiger charge is -2.12. The van der Waals surface area contributed by atoms with Gasteiger partial charge >= 0.3 is 0 Å². The van der Waals surface area contributed by atoms with Gasteiger partial charge in [-0.15, -0.1) is 0 Å². The van der Waals surface area contributed by atoms with Gasteiger partial charge in [0.1, 0.15) is 5.75 Å². The van der Waals surface area contributed by atoms with Gasteiger partial charge in [-0.1, -0.05) is 12.1 Å². The quantitative estimate of drug-likeness (QED) is 0.778. The van der Waals surface area contributed by atoms with E-state index in [1.54, 1.807) is 6.07 Å². The van der Waals surface area contributed by atoms with Crippen molar-refractivity contribution in [1.82, 2.24) is 4.72 Å². The maximum atomic E-state index is 12.5. The number of hydrogen-bond donors (Lipinski definition) is 1. The van der Waals surface area contributed by atoms with Crippen molar-refractivity contribution in [2.75, 3.05) is 14.2 Å². The van der Waals surface area contributed by atoms with Gasteiger partial charge in [-0.05, 0) is 43.7 Å². The average molecular weight is 365 g/mol. The second-order valence-electron chi connectivity index (χ2n) is 5.65. The zero-order valence-electron chi connectivity index (χ0n) is 14.8. The van der Waals surface area contributed by atoms with Crippen molar-refractivity contribution < 1.29 is 22.6 Å². The maximum absolute atomic E-state index is 12.5. The van der Waals surface area contributed by atoms with Crippen molar-refractivity contribution in [3.8, 4) is 17.2 Å². The lowest BCUT2D eigenvalue weighted by Crippen LogP contribution is -2.23. The molecule has 0 bridgehead atoms. The normalized spacial score (nSPS) is 11.4. The second kappa shape index (κ2) is 8.22. The van der Waals surface area contributed by atoms with Crippen molar-refractivity contribution in [2.45, 2.75) is 31.4 Å². The Labute approximate surface area is 148 Å². The molecule has 0 aliphatic heterocycles. The molecule has 0 fully saturated rings. The minimum absolute atomic E-state index is 0.0920. The Bertz CT molecular complexity index is 801. The average Bonchev–Trinajstić information content (AvgIpc) is 2.60. The van der Waals surface area contributed by atoms with E-state index >= 15 is 0 Å². The van der Waals surface area contributed by atoms with Gasteiger partial charge in [0.05, 0.1) is 25.2 Å². The number of ether oxygens (including phenoxy) is 3. The van der Waals surface area contributed by atoms with Crippen molar-refractivity contribution in [3.05, 3.63) is 48.0 Å². The third kappa shape index (κ3) is 5.11. The summed E-state index contributed by atoms with van der Waals surface area (Å²) >= 11 is 0. The first-order valence-corrected chi connectivity index (χ1v) is 9.31. The van der Waals surface area contributed by atoms with E-state index in [1.165, 1.54) is 26.4 Å². The van der Waals surface area contributed by atoms with Crippen LogP contribution in [-0.4, -0.2) is 28.7 Å². The number of benzene rings is 2. The lowest BCUT2D eigenvalue weighted by atomic mass is 10.2.